The van der Waals surface area contributed by atoms with Gasteiger partial charge in [-0.1, -0.05) is 30.3 Å². The summed E-state index contributed by atoms with van der Waals surface area (Å²) >= 11 is 0. The minimum absolute atomic E-state index is 0. The lowest BCUT2D eigenvalue weighted by molar-refractivity contribution is -0.246. The number of halogens is 1. The van der Waals surface area contributed by atoms with Gasteiger partial charge in [-0.3, -0.25) is 4.89 Å². The molecule has 0 fully saturated rings. The monoisotopic (exact) mass is 203 g/mol. The third-order valence-corrected chi connectivity index (χ3v) is 1.21. The molecular weight excluding hydrogens is 194 g/mol. The van der Waals surface area contributed by atoms with Crippen molar-refractivity contribution in [2.45, 2.75) is 6.61 Å². The van der Waals surface area contributed by atoms with E-state index in [0.29, 0.717) is 0 Å². The van der Waals surface area contributed by atoms with Gasteiger partial charge in [0.2, 0.25) is 0 Å². The molecule has 0 aliphatic heterocycles. The van der Waals surface area contributed by atoms with Gasteiger partial charge in [0.05, 0.1) is 0 Å². The highest BCUT2D eigenvalue weighted by Gasteiger charge is 1.95. The fourth-order valence-electron chi connectivity index (χ4n) is 0.730. The first-order valence-corrected chi connectivity index (χ1v) is 3.42. The molecule has 4 nitrogen and oxygen atoms in total. The van der Waals surface area contributed by atoms with Crippen LogP contribution >= 0.6 is 12.4 Å². The summed E-state index contributed by atoms with van der Waals surface area (Å²) in [6, 6.07) is 9.32. The molecule has 0 aliphatic carbocycles. The van der Waals surface area contributed by atoms with Crippen molar-refractivity contribution in [1.82, 2.24) is 0 Å². The molecule has 0 saturated carbocycles. The number of hydrogen-bond donors (Lipinski definition) is 1. The van der Waals surface area contributed by atoms with Gasteiger partial charge >= 0.3 is 6.09 Å². The number of primary amides is 1. The van der Waals surface area contributed by atoms with Gasteiger partial charge in [0.1, 0.15) is 6.61 Å². The zero-order valence-electron chi connectivity index (χ0n) is 6.80. The van der Waals surface area contributed by atoms with Crippen molar-refractivity contribution in [3.8, 4) is 0 Å². The molecule has 0 saturated heterocycles. The molecule has 2 N–H and O–H groups in total. The Labute approximate surface area is 82.0 Å². The Morgan fingerprint density at radius 2 is 1.92 bits per heavy atom. The fourth-order valence-corrected chi connectivity index (χ4v) is 0.730. The SMILES string of the molecule is Cl.NC(=O)OOCc1ccccc1. The van der Waals surface area contributed by atoms with E-state index in [2.05, 4.69) is 15.5 Å². The molecule has 0 heterocycles. The lowest BCUT2D eigenvalue weighted by Crippen LogP contribution is -2.13. The van der Waals surface area contributed by atoms with Gasteiger partial charge in [-0.2, -0.15) is 4.89 Å². The number of nitrogens with two attached hydrogens (primary N) is 1. The summed E-state index contributed by atoms with van der Waals surface area (Å²) < 4.78 is 0. The van der Waals surface area contributed by atoms with Gasteiger partial charge in [-0.15, -0.1) is 12.4 Å². The molecular formula is C8H10ClNO3. The molecule has 1 aromatic carbocycles. The number of rotatable bonds is 3. The number of amides is 1. The smallest absolute Gasteiger partial charge is 0.333 e. The van der Waals surface area contributed by atoms with Crippen LogP contribution in [0.2, 0.25) is 0 Å². The second kappa shape index (κ2) is 6.28. The molecule has 1 aromatic rings. The van der Waals surface area contributed by atoms with Crippen LogP contribution in [0.4, 0.5) is 4.79 Å². The van der Waals surface area contributed by atoms with Gasteiger partial charge in [0.25, 0.3) is 0 Å². The van der Waals surface area contributed by atoms with E-state index < -0.39 is 6.09 Å². The van der Waals surface area contributed by atoms with Crippen molar-refractivity contribution >= 4 is 18.5 Å². The average molecular weight is 204 g/mol. The van der Waals surface area contributed by atoms with E-state index in [-0.39, 0.29) is 19.0 Å². The molecule has 0 bridgehead atoms. The molecule has 0 radical (unpaired) electrons. The maximum absolute atomic E-state index is 10.1. The van der Waals surface area contributed by atoms with E-state index in [1.807, 2.05) is 30.3 Å². The van der Waals surface area contributed by atoms with E-state index in [1.54, 1.807) is 0 Å². The first-order valence-electron chi connectivity index (χ1n) is 3.42. The zero-order valence-corrected chi connectivity index (χ0v) is 7.62. The first-order chi connectivity index (χ1) is 5.79. The van der Waals surface area contributed by atoms with Gasteiger partial charge in [-0.25, -0.2) is 4.79 Å². The number of benzene rings is 1. The van der Waals surface area contributed by atoms with Gasteiger partial charge in [0.15, 0.2) is 0 Å². The highest BCUT2D eigenvalue weighted by Crippen LogP contribution is 2.00. The molecule has 13 heavy (non-hydrogen) atoms. The predicted molar refractivity (Wildman–Crippen MR) is 49.1 cm³/mol. The highest BCUT2D eigenvalue weighted by molar-refractivity contribution is 5.85. The summed E-state index contributed by atoms with van der Waals surface area (Å²) in [5.41, 5.74) is 5.59. The second-order valence-electron chi connectivity index (χ2n) is 2.15. The van der Waals surface area contributed by atoms with Crippen LogP contribution in [0.3, 0.4) is 0 Å². The van der Waals surface area contributed by atoms with E-state index >= 15 is 0 Å². The van der Waals surface area contributed by atoms with E-state index in [1.165, 1.54) is 0 Å². The van der Waals surface area contributed by atoms with Crippen molar-refractivity contribution in [3.63, 3.8) is 0 Å². The van der Waals surface area contributed by atoms with Gasteiger partial charge in [0, 0.05) is 0 Å². The van der Waals surface area contributed by atoms with Crippen LogP contribution in [0.25, 0.3) is 0 Å². The predicted octanol–water partition coefficient (Wildman–Crippen LogP) is 1.64. The Balaban J connectivity index is 0.00000144. The third-order valence-electron chi connectivity index (χ3n) is 1.21. The Hall–Kier alpha value is -1.26. The first kappa shape index (κ1) is 11.7. The van der Waals surface area contributed by atoms with E-state index in [9.17, 15) is 4.79 Å². The number of hydrogen-bond acceptors (Lipinski definition) is 3. The topological polar surface area (TPSA) is 61.6 Å². The molecule has 1 rings (SSSR count). The van der Waals surface area contributed by atoms with Crippen molar-refractivity contribution in [1.29, 1.82) is 0 Å². The van der Waals surface area contributed by atoms with Crippen LogP contribution < -0.4 is 5.73 Å². The van der Waals surface area contributed by atoms with Crippen LogP contribution in [0.15, 0.2) is 30.3 Å². The molecule has 5 heteroatoms. The summed E-state index contributed by atoms with van der Waals surface area (Å²) in [4.78, 5) is 18.7. The quantitative estimate of drug-likeness (QED) is 0.600. The fraction of sp³-hybridized carbons (Fsp3) is 0.125. The minimum Gasteiger partial charge on any atom is -0.333 e. The molecule has 0 unspecified atom stereocenters. The molecule has 1 amide bonds. The van der Waals surface area contributed by atoms with Crippen LogP contribution in [0, 0.1) is 0 Å². The van der Waals surface area contributed by atoms with E-state index in [0.717, 1.165) is 5.56 Å². The minimum atomic E-state index is -0.939. The maximum Gasteiger partial charge on any atom is 0.436 e. The molecule has 0 spiro atoms. The summed E-state index contributed by atoms with van der Waals surface area (Å²) in [5.74, 6) is 0. The molecule has 0 aliphatic rings. The van der Waals surface area contributed by atoms with Crippen LogP contribution in [-0.2, 0) is 16.4 Å². The summed E-state index contributed by atoms with van der Waals surface area (Å²) in [7, 11) is 0. The van der Waals surface area contributed by atoms with Crippen LogP contribution in [-0.4, -0.2) is 6.09 Å². The number of carbonyl (C=O) groups excluding carboxylic acids is 1. The summed E-state index contributed by atoms with van der Waals surface area (Å²) in [6.45, 7) is 0.212. The van der Waals surface area contributed by atoms with Gasteiger partial charge in [-0.05, 0) is 5.56 Å². The molecule has 0 atom stereocenters. The highest BCUT2D eigenvalue weighted by atomic mass is 35.5. The normalized spacial score (nSPS) is 8.62. The summed E-state index contributed by atoms with van der Waals surface area (Å²) in [5, 5.41) is 0. The third kappa shape index (κ3) is 5.05. The van der Waals surface area contributed by atoms with E-state index in [4.69, 9.17) is 0 Å². The second-order valence-corrected chi connectivity index (χ2v) is 2.15. The van der Waals surface area contributed by atoms with Crippen molar-refractivity contribution < 1.29 is 14.6 Å². The van der Waals surface area contributed by atoms with Crippen molar-refractivity contribution in [2.24, 2.45) is 5.73 Å². The molecule has 72 valence electrons. The Kier molecular flexibility index (Phi) is 5.67. The van der Waals surface area contributed by atoms with Crippen molar-refractivity contribution in [3.05, 3.63) is 35.9 Å². The van der Waals surface area contributed by atoms with Gasteiger partial charge < -0.3 is 5.73 Å². The number of carbonyl (C=O) groups is 1. The Morgan fingerprint density at radius 3 is 2.46 bits per heavy atom. The Morgan fingerprint density at radius 1 is 1.31 bits per heavy atom. The van der Waals surface area contributed by atoms with Crippen molar-refractivity contribution in [2.75, 3.05) is 0 Å². The maximum atomic E-state index is 10.1. The van der Waals surface area contributed by atoms with Crippen LogP contribution in [0.1, 0.15) is 5.56 Å². The Bertz CT molecular complexity index is 253. The lowest BCUT2D eigenvalue weighted by Gasteiger charge is -1.99. The van der Waals surface area contributed by atoms with Crippen LogP contribution in [0.5, 0.6) is 0 Å². The zero-order chi connectivity index (χ0) is 8.81. The molecule has 0 aromatic heterocycles. The lowest BCUT2D eigenvalue weighted by atomic mass is 10.2. The summed E-state index contributed by atoms with van der Waals surface area (Å²) in [6.07, 6.45) is -0.939. The standard InChI is InChI=1S/C8H9NO3.ClH/c9-8(10)12-11-6-7-4-2-1-3-5-7;/h1-5H,6H2,(H2,9,10);1H. The average Bonchev–Trinajstić information content (AvgIpc) is 2.05. The largest absolute Gasteiger partial charge is 0.436 e.